The van der Waals surface area contributed by atoms with Gasteiger partial charge in [0.2, 0.25) is 11.5 Å². The Morgan fingerprint density at radius 1 is 0.662 bits per heavy atom. The van der Waals surface area contributed by atoms with E-state index in [-0.39, 0.29) is 36.2 Å². The summed E-state index contributed by atoms with van der Waals surface area (Å²) in [5.41, 5.74) is 0.604. The fourth-order valence-electron chi connectivity index (χ4n) is 7.29. The fraction of sp³-hybridized carbons (Fsp3) is 0.453. The van der Waals surface area contributed by atoms with Crippen LogP contribution in [0.25, 0.3) is 22.8 Å². The Morgan fingerprint density at radius 3 is 1.47 bits per heavy atom. The van der Waals surface area contributed by atoms with E-state index in [9.17, 15) is 42.6 Å². The first kappa shape index (κ1) is 63.3. The third kappa shape index (κ3) is 18.2. The molecule has 0 aliphatic carbocycles. The maximum atomic E-state index is 13.1. The van der Waals surface area contributed by atoms with Crippen molar-refractivity contribution in [2.24, 2.45) is 19.5 Å². The second-order valence-electron chi connectivity index (χ2n) is 18.6. The van der Waals surface area contributed by atoms with Crippen molar-refractivity contribution in [2.75, 3.05) is 73.0 Å². The number of aromatic hydroxyl groups is 1. The number of benzene rings is 3. The van der Waals surface area contributed by atoms with Crippen molar-refractivity contribution in [2.45, 2.75) is 68.1 Å². The van der Waals surface area contributed by atoms with Crippen molar-refractivity contribution in [3.05, 3.63) is 127 Å². The number of aromatic nitrogens is 4. The van der Waals surface area contributed by atoms with Gasteiger partial charge >= 0.3 is 27.1 Å². The van der Waals surface area contributed by atoms with Crippen molar-refractivity contribution in [1.29, 1.82) is 0 Å². The Labute approximate surface area is 448 Å². The second-order valence-corrected chi connectivity index (χ2v) is 23.0. The summed E-state index contributed by atoms with van der Waals surface area (Å²) in [7, 11) is 1.65. The van der Waals surface area contributed by atoms with Gasteiger partial charge in [0.05, 0.1) is 51.3 Å². The molecule has 2 N–H and O–H groups in total. The number of ether oxygens (including phenoxy) is 2. The summed E-state index contributed by atoms with van der Waals surface area (Å²) >= 11 is 0. The maximum absolute atomic E-state index is 13.1. The molecule has 0 aliphatic heterocycles. The van der Waals surface area contributed by atoms with Gasteiger partial charge in [-0.1, -0.05) is 60.7 Å². The summed E-state index contributed by atoms with van der Waals surface area (Å²) in [6.45, 7) is 15.5. The van der Waals surface area contributed by atoms with Gasteiger partial charge < -0.3 is 47.8 Å². The number of rotatable bonds is 25. The average molecular weight is 1110 g/mol. The molecule has 24 heteroatoms. The minimum atomic E-state index is -3.13. The zero-order valence-electron chi connectivity index (χ0n) is 45.9. The van der Waals surface area contributed by atoms with Crippen molar-refractivity contribution in [1.82, 2.24) is 34.2 Å². The molecule has 3 aromatic carbocycles. The van der Waals surface area contributed by atoms with Gasteiger partial charge in [0, 0.05) is 57.9 Å². The smallest absolute Gasteiger partial charge is 0.360 e. The van der Waals surface area contributed by atoms with E-state index < -0.39 is 72.6 Å². The number of halogens is 1. The average Bonchev–Trinajstić information content (AvgIpc) is 3.38. The molecular formula is C53H72FN7O14P2. The molecule has 2 heterocycles. The predicted octanol–water partition coefficient (Wildman–Crippen LogP) is 7.80. The molecule has 0 radical (unpaired) electrons. The molecule has 5 rings (SSSR count). The minimum absolute atomic E-state index is 0.0670. The highest BCUT2D eigenvalue weighted by molar-refractivity contribution is 7.54. The van der Waals surface area contributed by atoms with E-state index >= 15 is 0 Å². The summed E-state index contributed by atoms with van der Waals surface area (Å²) in [4.78, 5) is 76.0. The SMILES string of the molecule is CCOP(=O)(CCN(C)Cc1ccc(-c2nc(C(=O)NCc3ccc(F)cc3)c(O)c(=O)n2C)cc1)OCC.CCOP(=O)(CCN(C)Cc1ccc(-c2nc(C(=O)OC)c(OC(=O)C(C)(C)C)c(=O)n2C)cc1)OCC. The highest BCUT2D eigenvalue weighted by atomic mass is 31.2. The molecule has 0 aliphatic rings. The Balaban J connectivity index is 0.000000333. The largest absolute Gasteiger partial charge is 0.501 e. The van der Waals surface area contributed by atoms with Crippen LogP contribution in [0.15, 0.2) is 82.4 Å². The van der Waals surface area contributed by atoms with Crippen LogP contribution in [-0.4, -0.2) is 125 Å². The Kier molecular flexibility index (Phi) is 23.8. The summed E-state index contributed by atoms with van der Waals surface area (Å²) in [5, 5.41) is 12.9. The number of amides is 1. The number of hydrogen-bond acceptors (Lipinski definition) is 18. The van der Waals surface area contributed by atoms with Gasteiger partial charge in [0.15, 0.2) is 11.4 Å². The van der Waals surface area contributed by atoms with Crippen molar-refractivity contribution >= 4 is 33.0 Å². The lowest BCUT2D eigenvalue weighted by Crippen LogP contribution is -2.32. The van der Waals surface area contributed by atoms with Gasteiger partial charge in [-0.05, 0) is 91.4 Å². The van der Waals surface area contributed by atoms with Gasteiger partial charge in [-0.3, -0.25) is 37.4 Å². The highest BCUT2D eigenvalue weighted by Gasteiger charge is 2.31. The minimum Gasteiger partial charge on any atom is -0.501 e. The number of carbonyl (C=O) groups is 3. The standard InChI is InChI=1S/C27H34FN4O6P.C26H38N3O8P/c1-5-37-39(36,38-6-2)16-15-31(3)18-20-7-11-21(12-8-20)25-30-23(24(33)27(35)32(25)4)26(34)29-17-19-9-13-22(28)14-10-19;1-9-35-38(33,36-10-2)16-15-28(6)17-18-11-13-19(14-12-18)22-27-20(24(31)34-8)21(23(30)29(22)7)37-25(32)26(3,4)5/h7-14,33H,5-6,15-18H2,1-4H3,(H,29,34);11-14H,9-10,15-17H2,1-8H3. The molecule has 2 aromatic heterocycles. The third-order valence-corrected chi connectivity index (χ3v) is 15.5. The zero-order chi connectivity index (χ0) is 57.3. The predicted molar refractivity (Wildman–Crippen MR) is 290 cm³/mol. The molecule has 5 aromatic rings. The van der Waals surface area contributed by atoms with Crippen LogP contribution in [-0.2, 0) is 70.5 Å². The maximum Gasteiger partial charge on any atom is 0.360 e. The van der Waals surface area contributed by atoms with E-state index in [2.05, 4.69) is 15.3 Å². The van der Waals surface area contributed by atoms with Crippen LogP contribution < -0.4 is 21.2 Å². The Hall–Kier alpha value is -6.22. The van der Waals surface area contributed by atoms with Crippen LogP contribution in [0.3, 0.4) is 0 Å². The first-order chi connectivity index (χ1) is 36.3. The molecule has 21 nitrogen and oxygen atoms in total. The molecule has 0 fully saturated rings. The molecule has 0 bridgehead atoms. The monoisotopic (exact) mass is 1110 g/mol. The number of esters is 2. The van der Waals surface area contributed by atoms with Crippen LogP contribution in [0.4, 0.5) is 4.39 Å². The first-order valence-corrected chi connectivity index (χ1v) is 28.3. The van der Waals surface area contributed by atoms with Gasteiger partial charge in [-0.25, -0.2) is 19.2 Å². The first-order valence-electron chi connectivity index (χ1n) is 24.9. The zero-order valence-corrected chi connectivity index (χ0v) is 47.7. The summed E-state index contributed by atoms with van der Waals surface area (Å²) < 4.78 is 72.4. The molecule has 1 amide bonds. The lowest BCUT2D eigenvalue weighted by molar-refractivity contribution is -0.143. The van der Waals surface area contributed by atoms with Crippen LogP contribution in [0.1, 0.15) is 86.1 Å². The highest BCUT2D eigenvalue weighted by Crippen LogP contribution is 2.48. The van der Waals surface area contributed by atoms with Crippen molar-refractivity contribution in [3.8, 4) is 34.3 Å². The van der Waals surface area contributed by atoms with E-state index in [0.717, 1.165) is 18.2 Å². The quantitative estimate of drug-likeness (QED) is 0.0418. The van der Waals surface area contributed by atoms with Crippen LogP contribution in [0, 0.1) is 11.2 Å². The summed E-state index contributed by atoms with van der Waals surface area (Å²) in [6, 6.07) is 20.2. The Morgan fingerprint density at radius 2 is 1.06 bits per heavy atom. The van der Waals surface area contributed by atoms with E-state index in [4.69, 9.17) is 27.6 Å². The van der Waals surface area contributed by atoms with Gasteiger partial charge in [-0.15, -0.1) is 0 Å². The van der Waals surface area contributed by atoms with E-state index in [1.54, 1.807) is 72.7 Å². The molecular weight excluding hydrogens is 1040 g/mol. The fourth-order valence-corrected chi connectivity index (χ4v) is 10.7. The number of hydrogen-bond donors (Lipinski definition) is 2. The summed E-state index contributed by atoms with van der Waals surface area (Å²) in [5.74, 6) is -3.51. The molecule has 0 spiro atoms. The normalized spacial score (nSPS) is 11.8. The van der Waals surface area contributed by atoms with E-state index in [0.29, 0.717) is 69.3 Å². The van der Waals surface area contributed by atoms with Gasteiger partial charge in [0.25, 0.3) is 17.0 Å². The van der Waals surface area contributed by atoms with Gasteiger partial charge in [-0.2, -0.15) is 0 Å². The molecule has 420 valence electrons. The topological polar surface area (TPSA) is 249 Å². The van der Waals surface area contributed by atoms with Crippen molar-refractivity contribution in [3.63, 3.8) is 0 Å². The number of nitrogens with one attached hydrogen (secondary N) is 1. The second kappa shape index (κ2) is 29.0. The van der Waals surface area contributed by atoms with Crippen LogP contribution >= 0.6 is 15.2 Å². The molecule has 77 heavy (non-hydrogen) atoms. The Bertz CT molecular complexity index is 3000. The lowest BCUT2D eigenvalue weighted by Gasteiger charge is -2.21. The molecule has 0 unspecified atom stereocenters. The number of methoxy groups -OCH3 is 1. The van der Waals surface area contributed by atoms with Gasteiger partial charge in [0.1, 0.15) is 17.5 Å². The summed E-state index contributed by atoms with van der Waals surface area (Å²) in [6.07, 6.45) is 0.548. The number of nitrogens with zero attached hydrogens (tertiary/aromatic N) is 6. The number of carbonyl (C=O) groups excluding carboxylic acids is 3. The molecule has 0 saturated carbocycles. The van der Waals surface area contributed by atoms with E-state index in [1.165, 1.54) is 47.5 Å². The molecule has 0 atom stereocenters. The lowest BCUT2D eigenvalue weighted by atomic mass is 9.97. The third-order valence-electron chi connectivity index (χ3n) is 11.4. The molecule has 0 saturated heterocycles. The van der Waals surface area contributed by atoms with Crippen LogP contribution in [0.5, 0.6) is 11.5 Å². The van der Waals surface area contributed by atoms with Crippen LogP contribution in [0.2, 0.25) is 0 Å². The van der Waals surface area contributed by atoms with E-state index in [1.807, 2.05) is 48.2 Å². The van der Waals surface area contributed by atoms with Crippen molar-refractivity contribution < 1.29 is 60.6 Å².